The molecule has 0 atom stereocenters. The lowest BCUT2D eigenvalue weighted by Crippen LogP contribution is -2.28. The Hall–Kier alpha value is -1.35. The first-order valence-electron chi connectivity index (χ1n) is 5.68. The molecule has 1 aromatic carbocycles. The standard InChI is InChI=1S/C13H16O3/c14-10-16-12-6-4-11(5-7-12)13(15)8-2-1-3-9-13/h4-7,10,15H,1-3,8-9H2. The van der Waals surface area contributed by atoms with Crippen molar-refractivity contribution in [3.63, 3.8) is 0 Å². The first-order valence-corrected chi connectivity index (χ1v) is 5.68. The van der Waals surface area contributed by atoms with Crippen LogP contribution in [0.25, 0.3) is 0 Å². The molecular formula is C13H16O3. The first kappa shape index (κ1) is 11.1. The molecule has 3 nitrogen and oxygen atoms in total. The van der Waals surface area contributed by atoms with Gasteiger partial charge in [-0.05, 0) is 30.5 Å². The van der Waals surface area contributed by atoms with Crippen LogP contribution in [0, 0.1) is 0 Å². The van der Waals surface area contributed by atoms with E-state index in [9.17, 15) is 9.90 Å². The van der Waals surface area contributed by atoms with Crippen molar-refractivity contribution in [1.29, 1.82) is 0 Å². The zero-order chi connectivity index (χ0) is 11.4. The maximum Gasteiger partial charge on any atom is 0.298 e. The van der Waals surface area contributed by atoms with Gasteiger partial charge in [0.2, 0.25) is 0 Å². The monoisotopic (exact) mass is 220 g/mol. The Bertz CT molecular complexity index is 350. The summed E-state index contributed by atoms with van der Waals surface area (Å²) in [5.74, 6) is 0.512. The third kappa shape index (κ3) is 2.25. The molecule has 0 spiro atoms. The van der Waals surface area contributed by atoms with E-state index in [-0.39, 0.29) is 0 Å². The highest BCUT2D eigenvalue weighted by Crippen LogP contribution is 2.37. The van der Waals surface area contributed by atoms with Crippen molar-refractivity contribution in [1.82, 2.24) is 0 Å². The van der Waals surface area contributed by atoms with Crippen LogP contribution in [0.4, 0.5) is 0 Å². The Morgan fingerprint density at radius 3 is 2.31 bits per heavy atom. The summed E-state index contributed by atoms with van der Waals surface area (Å²) in [7, 11) is 0. The summed E-state index contributed by atoms with van der Waals surface area (Å²) in [6.07, 6.45) is 4.99. The van der Waals surface area contributed by atoms with Crippen molar-refractivity contribution >= 4 is 6.47 Å². The summed E-state index contributed by atoms with van der Waals surface area (Å²) >= 11 is 0. The molecule has 1 aliphatic carbocycles. The largest absolute Gasteiger partial charge is 0.429 e. The second-order valence-electron chi connectivity index (χ2n) is 4.33. The Balaban J connectivity index is 2.16. The van der Waals surface area contributed by atoms with Gasteiger partial charge in [0.1, 0.15) is 5.75 Å². The van der Waals surface area contributed by atoms with E-state index in [0.717, 1.165) is 31.2 Å². The number of hydrogen-bond donors (Lipinski definition) is 1. The average molecular weight is 220 g/mol. The summed E-state index contributed by atoms with van der Waals surface area (Å²) < 4.78 is 4.72. The second kappa shape index (κ2) is 4.66. The Morgan fingerprint density at radius 1 is 1.12 bits per heavy atom. The van der Waals surface area contributed by atoms with Crippen LogP contribution in [0.15, 0.2) is 24.3 Å². The minimum Gasteiger partial charge on any atom is -0.429 e. The molecule has 0 saturated heterocycles. The van der Waals surface area contributed by atoms with E-state index in [1.54, 1.807) is 12.1 Å². The quantitative estimate of drug-likeness (QED) is 0.795. The average Bonchev–Trinajstić information content (AvgIpc) is 2.31. The van der Waals surface area contributed by atoms with Gasteiger partial charge < -0.3 is 9.84 Å². The number of aliphatic hydroxyl groups is 1. The maximum absolute atomic E-state index is 10.5. The van der Waals surface area contributed by atoms with Crippen LogP contribution in [0.5, 0.6) is 5.75 Å². The van der Waals surface area contributed by atoms with Crippen LogP contribution in [0.1, 0.15) is 37.7 Å². The van der Waals surface area contributed by atoms with Gasteiger partial charge in [0.05, 0.1) is 5.60 Å². The molecule has 1 N–H and O–H groups in total. The molecule has 1 aliphatic rings. The highest BCUT2D eigenvalue weighted by molar-refractivity contribution is 5.45. The lowest BCUT2D eigenvalue weighted by Gasteiger charge is -2.32. The molecule has 1 aromatic rings. The second-order valence-corrected chi connectivity index (χ2v) is 4.33. The maximum atomic E-state index is 10.5. The molecule has 1 fully saturated rings. The van der Waals surface area contributed by atoms with Crippen LogP contribution in [-0.4, -0.2) is 11.6 Å². The lowest BCUT2D eigenvalue weighted by atomic mass is 9.80. The number of ether oxygens (including phenoxy) is 1. The fourth-order valence-corrected chi connectivity index (χ4v) is 2.32. The van der Waals surface area contributed by atoms with Gasteiger partial charge in [0.15, 0.2) is 0 Å². The Kier molecular flexibility index (Phi) is 3.25. The van der Waals surface area contributed by atoms with E-state index in [1.807, 2.05) is 12.1 Å². The van der Waals surface area contributed by atoms with Gasteiger partial charge in [-0.1, -0.05) is 31.4 Å². The van der Waals surface area contributed by atoms with E-state index < -0.39 is 5.60 Å². The molecule has 0 unspecified atom stereocenters. The van der Waals surface area contributed by atoms with Crippen molar-refractivity contribution in [3.8, 4) is 5.75 Å². The smallest absolute Gasteiger partial charge is 0.298 e. The Morgan fingerprint density at radius 2 is 1.75 bits per heavy atom. The van der Waals surface area contributed by atoms with Crippen LogP contribution >= 0.6 is 0 Å². The van der Waals surface area contributed by atoms with Crippen LogP contribution in [-0.2, 0) is 10.4 Å². The zero-order valence-electron chi connectivity index (χ0n) is 9.19. The Labute approximate surface area is 95.0 Å². The minimum absolute atomic E-state index is 0.407. The molecule has 0 aromatic heterocycles. The van der Waals surface area contributed by atoms with Crippen molar-refractivity contribution in [2.45, 2.75) is 37.7 Å². The fourth-order valence-electron chi connectivity index (χ4n) is 2.32. The topological polar surface area (TPSA) is 46.5 Å². The molecule has 0 heterocycles. The highest BCUT2D eigenvalue weighted by atomic mass is 16.5. The van der Waals surface area contributed by atoms with Crippen molar-refractivity contribution < 1.29 is 14.6 Å². The zero-order valence-corrected chi connectivity index (χ0v) is 9.19. The molecule has 1 saturated carbocycles. The summed E-state index contributed by atoms with van der Waals surface area (Å²) in [5, 5.41) is 10.5. The molecule has 16 heavy (non-hydrogen) atoms. The number of hydrogen-bond acceptors (Lipinski definition) is 3. The predicted molar refractivity (Wildman–Crippen MR) is 60.1 cm³/mol. The molecule has 0 amide bonds. The van der Waals surface area contributed by atoms with E-state index in [1.165, 1.54) is 6.42 Å². The minimum atomic E-state index is -0.683. The van der Waals surface area contributed by atoms with E-state index in [2.05, 4.69) is 0 Å². The van der Waals surface area contributed by atoms with Crippen LogP contribution in [0.3, 0.4) is 0 Å². The number of benzene rings is 1. The van der Waals surface area contributed by atoms with E-state index in [4.69, 9.17) is 4.74 Å². The lowest BCUT2D eigenvalue weighted by molar-refractivity contribution is -0.120. The third-order valence-electron chi connectivity index (χ3n) is 3.26. The van der Waals surface area contributed by atoms with Crippen LogP contribution in [0.2, 0.25) is 0 Å². The van der Waals surface area contributed by atoms with Gasteiger partial charge in [0, 0.05) is 0 Å². The normalized spacial score (nSPS) is 19.1. The SMILES string of the molecule is O=COc1ccc(C2(O)CCCCC2)cc1. The van der Waals surface area contributed by atoms with Gasteiger partial charge in [-0.15, -0.1) is 0 Å². The molecule has 2 rings (SSSR count). The van der Waals surface area contributed by atoms with Crippen LogP contribution < -0.4 is 4.74 Å². The van der Waals surface area contributed by atoms with Gasteiger partial charge in [-0.2, -0.15) is 0 Å². The summed E-state index contributed by atoms with van der Waals surface area (Å²) in [4.78, 5) is 10.2. The van der Waals surface area contributed by atoms with Crippen molar-refractivity contribution in [2.24, 2.45) is 0 Å². The number of carbonyl (C=O) groups excluding carboxylic acids is 1. The van der Waals surface area contributed by atoms with Gasteiger partial charge in [0.25, 0.3) is 6.47 Å². The van der Waals surface area contributed by atoms with Gasteiger partial charge in [-0.3, -0.25) is 4.79 Å². The molecule has 3 heteroatoms. The molecular weight excluding hydrogens is 204 g/mol. The fraction of sp³-hybridized carbons (Fsp3) is 0.462. The molecule has 86 valence electrons. The van der Waals surface area contributed by atoms with E-state index in [0.29, 0.717) is 12.2 Å². The predicted octanol–water partition coefficient (Wildman–Crippen LogP) is 2.37. The van der Waals surface area contributed by atoms with Gasteiger partial charge in [-0.25, -0.2) is 0 Å². The number of rotatable bonds is 3. The van der Waals surface area contributed by atoms with Gasteiger partial charge >= 0.3 is 0 Å². The van der Waals surface area contributed by atoms with Crippen molar-refractivity contribution in [3.05, 3.63) is 29.8 Å². The summed E-state index contributed by atoms with van der Waals surface area (Å²) in [6.45, 7) is 0.407. The highest BCUT2D eigenvalue weighted by Gasteiger charge is 2.30. The molecule has 0 aliphatic heterocycles. The molecule has 0 radical (unpaired) electrons. The van der Waals surface area contributed by atoms with Crippen molar-refractivity contribution in [2.75, 3.05) is 0 Å². The molecule has 0 bridgehead atoms. The van der Waals surface area contributed by atoms with E-state index >= 15 is 0 Å². The summed E-state index contributed by atoms with van der Waals surface area (Å²) in [5.41, 5.74) is 0.239. The number of carbonyl (C=O) groups is 1. The summed E-state index contributed by atoms with van der Waals surface area (Å²) in [6, 6.07) is 7.11. The third-order valence-corrected chi connectivity index (χ3v) is 3.26. The first-order chi connectivity index (χ1) is 7.74.